The Morgan fingerprint density at radius 3 is 2.78 bits per heavy atom. The maximum absolute atomic E-state index is 11.6. The van der Waals surface area contributed by atoms with Gasteiger partial charge in [0, 0.05) is 18.4 Å². The van der Waals surface area contributed by atoms with Crippen molar-refractivity contribution in [1.82, 2.24) is 10.3 Å². The van der Waals surface area contributed by atoms with Crippen molar-refractivity contribution in [2.75, 3.05) is 5.32 Å². The Labute approximate surface area is 110 Å². The number of nitrogens with one attached hydrogen (secondary N) is 2. The average Bonchev–Trinajstić information content (AvgIpc) is 2.31. The molecule has 6 heteroatoms. The molecule has 0 aliphatic rings. The molecule has 0 saturated heterocycles. The summed E-state index contributed by atoms with van der Waals surface area (Å²) < 4.78 is 0. The number of nitriles is 1. The van der Waals surface area contributed by atoms with Gasteiger partial charge in [0.05, 0.1) is 5.02 Å². The van der Waals surface area contributed by atoms with Gasteiger partial charge in [-0.2, -0.15) is 5.26 Å². The molecule has 0 unspecified atom stereocenters. The summed E-state index contributed by atoms with van der Waals surface area (Å²) in [6, 6.07) is 5.10. The monoisotopic (exact) mass is 264 g/mol. The summed E-state index contributed by atoms with van der Waals surface area (Å²) in [5.74, 6) is 0.0819. The number of halogens is 1. The molecule has 0 saturated carbocycles. The smallest absolute Gasteiger partial charge is 0.263 e. The van der Waals surface area contributed by atoms with Crippen LogP contribution in [0, 0.1) is 11.3 Å². The molecular formula is C12H13ClN4O. The Morgan fingerprint density at radius 2 is 2.28 bits per heavy atom. The van der Waals surface area contributed by atoms with Crippen LogP contribution in [0.5, 0.6) is 0 Å². The summed E-state index contributed by atoms with van der Waals surface area (Å²) in [7, 11) is 0. The molecule has 0 aromatic carbocycles. The van der Waals surface area contributed by atoms with Crippen LogP contribution in [0.25, 0.3) is 0 Å². The lowest BCUT2D eigenvalue weighted by Gasteiger charge is -2.07. The third kappa shape index (κ3) is 4.44. The number of amides is 1. The SMILES string of the molecule is CC(C)NC(=O)/C(C#N)=C\Nc1ccc(Cl)cn1. The average molecular weight is 265 g/mol. The summed E-state index contributed by atoms with van der Waals surface area (Å²) in [6.07, 6.45) is 2.78. The second-order valence-corrected chi connectivity index (χ2v) is 4.24. The highest BCUT2D eigenvalue weighted by molar-refractivity contribution is 6.30. The number of nitrogens with zero attached hydrogens (tertiary/aromatic N) is 2. The molecule has 0 fully saturated rings. The predicted molar refractivity (Wildman–Crippen MR) is 69.8 cm³/mol. The van der Waals surface area contributed by atoms with Crippen molar-refractivity contribution in [2.24, 2.45) is 0 Å². The van der Waals surface area contributed by atoms with E-state index < -0.39 is 5.91 Å². The van der Waals surface area contributed by atoms with Gasteiger partial charge in [-0.15, -0.1) is 0 Å². The number of anilines is 1. The van der Waals surface area contributed by atoms with Crippen LogP contribution in [0.4, 0.5) is 5.82 Å². The molecule has 0 atom stereocenters. The molecule has 0 spiro atoms. The molecule has 2 N–H and O–H groups in total. The Kier molecular flexibility index (Phi) is 5.15. The minimum Gasteiger partial charge on any atom is -0.349 e. The minimum atomic E-state index is -0.422. The Bertz CT molecular complexity index is 488. The summed E-state index contributed by atoms with van der Waals surface area (Å²) in [6.45, 7) is 3.64. The summed E-state index contributed by atoms with van der Waals surface area (Å²) in [5.41, 5.74) is -0.0135. The van der Waals surface area contributed by atoms with Crippen molar-refractivity contribution in [3.8, 4) is 6.07 Å². The summed E-state index contributed by atoms with van der Waals surface area (Å²) in [5, 5.41) is 14.8. The van der Waals surface area contributed by atoms with Gasteiger partial charge in [0.25, 0.3) is 5.91 Å². The first-order chi connectivity index (χ1) is 8.52. The molecule has 0 bridgehead atoms. The number of carbonyl (C=O) groups is 1. The van der Waals surface area contributed by atoms with E-state index in [9.17, 15) is 4.79 Å². The number of aromatic nitrogens is 1. The van der Waals surface area contributed by atoms with Crippen molar-refractivity contribution in [3.05, 3.63) is 35.1 Å². The van der Waals surface area contributed by atoms with Crippen molar-refractivity contribution in [3.63, 3.8) is 0 Å². The van der Waals surface area contributed by atoms with Gasteiger partial charge in [-0.1, -0.05) is 11.6 Å². The molecular weight excluding hydrogens is 252 g/mol. The van der Waals surface area contributed by atoms with E-state index in [2.05, 4.69) is 15.6 Å². The highest BCUT2D eigenvalue weighted by Crippen LogP contribution is 2.09. The van der Waals surface area contributed by atoms with Crippen LogP contribution in [0.2, 0.25) is 5.02 Å². The predicted octanol–water partition coefficient (Wildman–Crippen LogP) is 2.08. The normalized spacial score (nSPS) is 10.9. The molecule has 1 heterocycles. The fourth-order valence-corrected chi connectivity index (χ4v) is 1.21. The number of hydrogen-bond acceptors (Lipinski definition) is 4. The molecule has 94 valence electrons. The van der Waals surface area contributed by atoms with Crippen LogP contribution in [0.15, 0.2) is 30.1 Å². The topological polar surface area (TPSA) is 77.8 Å². The van der Waals surface area contributed by atoms with Crippen LogP contribution in [0.1, 0.15) is 13.8 Å². The highest BCUT2D eigenvalue weighted by Gasteiger charge is 2.09. The molecule has 1 rings (SSSR count). The quantitative estimate of drug-likeness (QED) is 0.645. The molecule has 18 heavy (non-hydrogen) atoms. The number of carbonyl (C=O) groups excluding carboxylic acids is 1. The molecule has 5 nitrogen and oxygen atoms in total. The molecule has 1 aromatic heterocycles. The largest absolute Gasteiger partial charge is 0.349 e. The van der Waals surface area contributed by atoms with Gasteiger partial charge in [0.2, 0.25) is 0 Å². The maximum Gasteiger partial charge on any atom is 0.263 e. The second-order valence-electron chi connectivity index (χ2n) is 3.80. The van der Waals surface area contributed by atoms with Crippen molar-refractivity contribution < 1.29 is 4.79 Å². The lowest BCUT2D eigenvalue weighted by Crippen LogP contribution is -2.31. The van der Waals surface area contributed by atoms with E-state index in [0.29, 0.717) is 10.8 Å². The van der Waals surface area contributed by atoms with Gasteiger partial charge in [-0.3, -0.25) is 4.79 Å². The number of pyridine rings is 1. The van der Waals surface area contributed by atoms with Gasteiger partial charge in [0.15, 0.2) is 0 Å². The molecule has 1 aromatic rings. The van der Waals surface area contributed by atoms with Crippen molar-refractivity contribution in [1.29, 1.82) is 5.26 Å². The first kappa shape index (κ1) is 14.0. The zero-order chi connectivity index (χ0) is 13.5. The van der Waals surface area contributed by atoms with E-state index in [1.54, 1.807) is 12.1 Å². The maximum atomic E-state index is 11.6. The van der Waals surface area contributed by atoms with Crippen LogP contribution in [0.3, 0.4) is 0 Å². The molecule has 0 aliphatic heterocycles. The molecule has 0 aliphatic carbocycles. The van der Waals surface area contributed by atoms with Crippen molar-refractivity contribution >= 4 is 23.3 Å². The van der Waals surface area contributed by atoms with Gasteiger partial charge >= 0.3 is 0 Å². The first-order valence-electron chi connectivity index (χ1n) is 5.32. The third-order valence-corrected chi connectivity index (χ3v) is 2.10. The number of rotatable bonds is 4. The zero-order valence-corrected chi connectivity index (χ0v) is 10.8. The Morgan fingerprint density at radius 1 is 1.56 bits per heavy atom. The van der Waals surface area contributed by atoms with Gasteiger partial charge < -0.3 is 10.6 Å². The number of hydrogen-bond donors (Lipinski definition) is 2. The second kappa shape index (κ2) is 6.62. The van der Waals surface area contributed by atoms with E-state index in [4.69, 9.17) is 16.9 Å². The van der Waals surface area contributed by atoms with E-state index >= 15 is 0 Å². The Hall–Kier alpha value is -2.06. The van der Waals surface area contributed by atoms with Gasteiger partial charge in [-0.05, 0) is 26.0 Å². The molecule has 1 amide bonds. The van der Waals surface area contributed by atoms with Crippen LogP contribution in [-0.2, 0) is 4.79 Å². The van der Waals surface area contributed by atoms with Crippen LogP contribution >= 0.6 is 11.6 Å². The third-order valence-electron chi connectivity index (χ3n) is 1.88. The highest BCUT2D eigenvalue weighted by atomic mass is 35.5. The van der Waals surface area contributed by atoms with Crippen molar-refractivity contribution in [2.45, 2.75) is 19.9 Å². The van der Waals surface area contributed by atoms with Crippen LogP contribution in [-0.4, -0.2) is 16.9 Å². The Balaban J connectivity index is 2.72. The minimum absolute atomic E-state index is 0.0135. The summed E-state index contributed by atoms with van der Waals surface area (Å²) >= 11 is 5.69. The van der Waals surface area contributed by atoms with E-state index in [1.165, 1.54) is 12.4 Å². The lowest BCUT2D eigenvalue weighted by atomic mass is 10.2. The standard InChI is InChI=1S/C12H13ClN4O/c1-8(2)17-12(18)9(5-14)6-15-11-4-3-10(13)7-16-11/h3-4,6-8H,1-2H3,(H,15,16)(H,17,18)/b9-6-. The van der Waals surface area contributed by atoms with E-state index in [0.717, 1.165) is 0 Å². The van der Waals surface area contributed by atoms with E-state index in [1.807, 2.05) is 19.9 Å². The lowest BCUT2D eigenvalue weighted by molar-refractivity contribution is -0.117. The van der Waals surface area contributed by atoms with Gasteiger partial charge in [-0.25, -0.2) is 4.98 Å². The first-order valence-corrected chi connectivity index (χ1v) is 5.70. The molecule has 0 radical (unpaired) electrons. The fourth-order valence-electron chi connectivity index (χ4n) is 1.10. The summed E-state index contributed by atoms with van der Waals surface area (Å²) in [4.78, 5) is 15.6. The zero-order valence-electron chi connectivity index (χ0n) is 10.1. The van der Waals surface area contributed by atoms with Gasteiger partial charge in [0.1, 0.15) is 17.5 Å². The fraction of sp³-hybridized carbons (Fsp3) is 0.250. The van der Waals surface area contributed by atoms with E-state index in [-0.39, 0.29) is 11.6 Å². The van der Waals surface area contributed by atoms with Crippen LogP contribution < -0.4 is 10.6 Å².